The molecule has 0 saturated carbocycles. The number of benzene rings is 1. The summed E-state index contributed by atoms with van der Waals surface area (Å²) in [6.07, 6.45) is 5.60. The van der Waals surface area contributed by atoms with Crippen molar-refractivity contribution in [2.75, 3.05) is 38.7 Å². The van der Waals surface area contributed by atoms with E-state index in [0.717, 1.165) is 59.5 Å². The van der Waals surface area contributed by atoms with Gasteiger partial charge < -0.3 is 19.7 Å². The highest BCUT2D eigenvalue weighted by Gasteiger charge is 2.28. The first-order valence-electron chi connectivity index (χ1n) is 10.3. The molecule has 28 heavy (non-hydrogen) atoms. The second kappa shape index (κ2) is 7.96. The summed E-state index contributed by atoms with van der Waals surface area (Å²) in [6, 6.07) is 3.99. The molecule has 3 heterocycles. The van der Waals surface area contributed by atoms with Gasteiger partial charge in [0.25, 0.3) is 0 Å². The van der Waals surface area contributed by atoms with Gasteiger partial charge in [-0.3, -0.25) is 0 Å². The van der Waals surface area contributed by atoms with Gasteiger partial charge in [0.05, 0.1) is 24.9 Å². The maximum absolute atomic E-state index is 6.51. The highest BCUT2D eigenvalue weighted by atomic mass is 35.5. The van der Waals surface area contributed by atoms with Gasteiger partial charge in [-0.2, -0.15) is 0 Å². The molecule has 0 atom stereocenters. The second-order valence-corrected chi connectivity index (χ2v) is 8.89. The van der Waals surface area contributed by atoms with E-state index in [4.69, 9.17) is 21.1 Å². The quantitative estimate of drug-likeness (QED) is 0.549. The Morgan fingerprint density at radius 1 is 1.21 bits per heavy atom. The molecule has 0 spiro atoms. The van der Waals surface area contributed by atoms with Crippen molar-refractivity contribution in [3.63, 3.8) is 0 Å². The van der Waals surface area contributed by atoms with E-state index in [9.17, 15) is 0 Å². The molecule has 152 valence electrons. The summed E-state index contributed by atoms with van der Waals surface area (Å²) in [6.45, 7) is 8.62. The molecule has 1 N–H and O–H groups in total. The molecule has 6 heteroatoms. The van der Waals surface area contributed by atoms with E-state index in [1.165, 1.54) is 25.9 Å². The molecule has 1 aromatic carbocycles. The third-order valence-corrected chi connectivity index (χ3v) is 6.17. The average molecular weight is 404 g/mol. The van der Waals surface area contributed by atoms with E-state index in [2.05, 4.69) is 29.0 Å². The first kappa shape index (κ1) is 19.6. The van der Waals surface area contributed by atoms with Crippen LogP contribution in [0.3, 0.4) is 0 Å². The van der Waals surface area contributed by atoms with Crippen LogP contribution < -0.4 is 14.8 Å². The minimum Gasteiger partial charge on any atom is -0.493 e. The Balaban J connectivity index is 1.58. The van der Waals surface area contributed by atoms with Gasteiger partial charge in [0.2, 0.25) is 0 Å². The van der Waals surface area contributed by atoms with Gasteiger partial charge in [-0.15, -0.1) is 0 Å². The van der Waals surface area contributed by atoms with Crippen molar-refractivity contribution in [1.29, 1.82) is 0 Å². The minimum atomic E-state index is 0.0303. The van der Waals surface area contributed by atoms with Gasteiger partial charge in [0.1, 0.15) is 5.15 Å². The van der Waals surface area contributed by atoms with Crippen molar-refractivity contribution in [1.82, 2.24) is 9.88 Å². The second-order valence-electron chi connectivity index (χ2n) is 8.54. The lowest BCUT2D eigenvalue weighted by molar-refractivity contribution is 0.254. The van der Waals surface area contributed by atoms with Crippen molar-refractivity contribution in [3.05, 3.63) is 22.8 Å². The molecule has 4 rings (SSSR count). The summed E-state index contributed by atoms with van der Waals surface area (Å²) < 4.78 is 11.7. The Hall–Kier alpha value is -1.72. The molecule has 2 aliphatic heterocycles. The Labute approximate surface area is 172 Å². The number of pyridine rings is 1. The number of hydrogen-bond acceptors (Lipinski definition) is 5. The maximum Gasteiger partial charge on any atom is 0.163 e. The van der Waals surface area contributed by atoms with E-state index in [1.807, 2.05) is 12.1 Å². The molecule has 0 bridgehead atoms. The van der Waals surface area contributed by atoms with Crippen molar-refractivity contribution in [2.24, 2.45) is 0 Å². The van der Waals surface area contributed by atoms with E-state index in [0.29, 0.717) is 11.8 Å². The molecule has 1 aromatic heterocycles. The first-order chi connectivity index (χ1) is 13.5. The number of nitrogens with one attached hydrogen (secondary N) is 1. The van der Waals surface area contributed by atoms with Crippen LogP contribution in [0, 0.1) is 0 Å². The summed E-state index contributed by atoms with van der Waals surface area (Å²) in [5.74, 6) is 1.47. The molecular weight excluding hydrogens is 374 g/mol. The normalized spacial score (nSPS) is 18.7. The standard InChI is InChI=1S/C22H30ClN3O2/c1-22(2)8-7-15-20(25-22)16-13-18(27-3)19(14-17(16)24-21(15)23)28-12-6-11-26-9-4-5-10-26/h13-14,25H,4-12H2,1-3H3. The molecule has 0 radical (unpaired) electrons. The number of hydrogen-bond donors (Lipinski definition) is 1. The van der Waals surface area contributed by atoms with Crippen LogP contribution in [0.15, 0.2) is 12.1 Å². The average Bonchev–Trinajstić information content (AvgIpc) is 3.17. The van der Waals surface area contributed by atoms with Crippen LogP contribution in [0.5, 0.6) is 11.5 Å². The topological polar surface area (TPSA) is 46.6 Å². The maximum atomic E-state index is 6.51. The number of methoxy groups -OCH3 is 1. The largest absolute Gasteiger partial charge is 0.493 e. The fourth-order valence-corrected chi connectivity index (χ4v) is 4.52. The zero-order valence-corrected chi connectivity index (χ0v) is 17.9. The fraction of sp³-hybridized carbons (Fsp3) is 0.591. The molecule has 0 unspecified atom stereocenters. The van der Waals surface area contributed by atoms with Gasteiger partial charge in [-0.1, -0.05) is 11.6 Å². The van der Waals surface area contributed by atoms with Crippen LogP contribution in [0.2, 0.25) is 5.15 Å². The predicted molar refractivity (Wildman–Crippen MR) is 115 cm³/mol. The number of halogens is 1. The van der Waals surface area contributed by atoms with Crippen LogP contribution in [0.25, 0.3) is 10.9 Å². The third kappa shape index (κ3) is 4.01. The first-order valence-corrected chi connectivity index (χ1v) is 10.7. The van der Waals surface area contributed by atoms with Crippen molar-refractivity contribution < 1.29 is 9.47 Å². The summed E-state index contributed by atoms with van der Waals surface area (Å²) in [5.41, 5.74) is 3.03. The predicted octanol–water partition coefficient (Wildman–Crippen LogP) is 4.90. The van der Waals surface area contributed by atoms with Crippen LogP contribution in [-0.4, -0.2) is 48.8 Å². The number of rotatable bonds is 6. The summed E-state index contributed by atoms with van der Waals surface area (Å²) in [7, 11) is 1.69. The fourth-order valence-electron chi connectivity index (χ4n) is 4.24. The molecule has 2 aromatic rings. The Kier molecular flexibility index (Phi) is 5.57. The molecule has 1 fully saturated rings. The lowest BCUT2D eigenvalue weighted by atomic mass is 9.89. The number of likely N-dealkylation sites (tertiary alicyclic amines) is 1. The van der Waals surface area contributed by atoms with Crippen LogP contribution >= 0.6 is 11.6 Å². The number of nitrogens with zero attached hydrogens (tertiary/aromatic N) is 2. The lowest BCUT2D eigenvalue weighted by Crippen LogP contribution is -2.35. The zero-order valence-electron chi connectivity index (χ0n) is 17.1. The number of aromatic nitrogens is 1. The Bertz CT molecular complexity index is 863. The molecule has 0 aliphatic carbocycles. The summed E-state index contributed by atoms with van der Waals surface area (Å²) in [4.78, 5) is 7.15. The number of ether oxygens (including phenoxy) is 2. The van der Waals surface area contributed by atoms with Crippen molar-refractivity contribution in [2.45, 2.75) is 51.5 Å². The Morgan fingerprint density at radius 2 is 2.00 bits per heavy atom. The van der Waals surface area contributed by atoms with E-state index in [-0.39, 0.29) is 5.54 Å². The van der Waals surface area contributed by atoms with Crippen molar-refractivity contribution >= 4 is 28.2 Å². The highest BCUT2D eigenvalue weighted by Crippen LogP contribution is 2.42. The highest BCUT2D eigenvalue weighted by molar-refractivity contribution is 6.31. The third-order valence-electron chi connectivity index (χ3n) is 5.86. The monoisotopic (exact) mass is 403 g/mol. The minimum absolute atomic E-state index is 0.0303. The lowest BCUT2D eigenvalue weighted by Gasteiger charge is -2.34. The van der Waals surface area contributed by atoms with Gasteiger partial charge in [-0.05, 0) is 65.1 Å². The number of fused-ring (bicyclic) bond motifs is 3. The summed E-state index contributed by atoms with van der Waals surface area (Å²) in [5, 5.41) is 5.26. The molecule has 1 saturated heterocycles. The smallest absolute Gasteiger partial charge is 0.163 e. The SMILES string of the molecule is COc1cc2c3c(c(Cl)nc2cc1OCCCN1CCCC1)CCC(C)(C)N3. The van der Waals surface area contributed by atoms with Crippen molar-refractivity contribution in [3.8, 4) is 11.5 Å². The van der Waals surface area contributed by atoms with Crippen LogP contribution in [0.4, 0.5) is 5.69 Å². The van der Waals surface area contributed by atoms with Crippen LogP contribution in [0.1, 0.15) is 45.1 Å². The molecule has 5 nitrogen and oxygen atoms in total. The van der Waals surface area contributed by atoms with E-state index in [1.54, 1.807) is 7.11 Å². The van der Waals surface area contributed by atoms with Gasteiger partial charge in [-0.25, -0.2) is 4.98 Å². The molecule has 0 amide bonds. The van der Waals surface area contributed by atoms with Gasteiger partial charge in [0.15, 0.2) is 11.5 Å². The van der Waals surface area contributed by atoms with Gasteiger partial charge >= 0.3 is 0 Å². The Morgan fingerprint density at radius 3 is 2.75 bits per heavy atom. The van der Waals surface area contributed by atoms with Crippen LogP contribution in [-0.2, 0) is 6.42 Å². The molecular formula is C22H30ClN3O2. The summed E-state index contributed by atoms with van der Waals surface area (Å²) >= 11 is 6.51. The van der Waals surface area contributed by atoms with E-state index < -0.39 is 0 Å². The van der Waals surface area contributed by atoms with Gasteiger partial charge in [0, 0.05) is 29.1 Å². The number of anilines is 1. The molecule has 2 aliphatic rings. The zero-order chi connectivity index (χ0) is 19.7. The van der Waals surface area contributed by atoms with E-state index >= 15 is 0 Å².